The minimum Gasteiger partial charge on any atom is -0.462 e. The summed E-state index contributed by atoms with van der Waals surface area (Å²) >= 11 is 0. The molecule has 0 heterocycles. The lowest BCUT2D eigenvalue weighted by molar-refractivity contribution is -0.149. The van der Waals surface area contributed by atoms with Crippen molar-refractivity contribution in [2.24, 2.45) is 11.1 Å². The fraction of sp³-hybridized carbons (Fsp3) is 0.917. The van der Waals surface area contributed by atoms with Gasteiger partial charge in [0.2, 0.25) is 0 Å². The van der Waals surface area contributed by atoms with Gasteiger partial charge in [-0.3, -0.25) is 4.79 Å². The van der Waals surface area contributed by atoms with Crippen LogP contribution in [0.5, 0.6) is 0 Å². The maximum atomic E-state index is 11.5. The van der Waals surface area contributed by atoms with Crippen LogP contribution in [0.4, 0.5) is 0 Å². The standard InChI is InChI=1S/C12H25NO4/c1-12(2,3)10(13)11(14)17-9-8-16-7-5-6-15-4/h10H,5-9,13H2,1-4H3/t10-/m1/s1. The molecule has 1 atom stereocenters. The molecule has 0 spiro atoms. The first-order chi connectivity index (χ1) is 7.89. The van der Waals surface area contributed by atoms with E-state index in [9.17, 15) is 4.79 Å². The number of ether oxygens (including phenoxy) is 3. The second-order valence-electron chi connectivity index (χ2n) is 4.97. The summed E-state index contributed by atoms with van der Waals surface area (Å²) in [6.45, 7) is 7.63. The van der Waals surface area contributed by atoms with Crippen LogP contribution in [0, 0.1) is 5.41 Å². The van der Waals surface area contributed by atoms with Crippen molar-refractivity contribution in [1.82, 2.24) is 0 Å². The summed E-state index contributed by atoms with van der Waals surface area (Å²) in [5.74, 6) is -0.377. The van der Waals surface area contributed by atoms with Crippen LogP contribution < -0.4 is 5.73 Å². The first-order valence-corrected chi connectivity index (χ1v) is 5.88. The van der Waals surface area contributed by atoms with Crippen LogP contribution in [0.1, 0.15) is 27.2 Å². The first kappa shape index (κ1) is 16.4. The van der Waals surface area contributed by atoms with Crippen LogP contribution in [0.25, 0.3) is 0 Å². The molecule has 5 nitrogen and oxygen atoms in total. The number of hydrogen-bond donors (Lipinski definition) is 1. The zero-order valence-electron chi connectivity index (χ0n) is 11.3. The molecule has 0 saturated heterocycles. The number of carbonyl (C=O) groups is 1. The van der Waals surface area contributed by atoms with Gasteiger partial charge in [0.15, 0.2) is 0 Å². The van der Waals surface area contributed by atoms with E-state index >= 15 is 0 Å². The van der Waals surface area contributed by atoms with Crippen molar-refractivity contribution in [1.29, 1.82) is 0 Å². The van der Waals surface area contributed by atoms with Gasteiger partial charge in [0.05, 0.1) is 6.61 Å². The molecule has 0 rings (SSSR count). The molecule has 0 saturated carbocycles. The largest absolute Gasteiger partial charge is 0.462 e. The third-order valence-corrected chi connectivity index (χ3v) is 2.30. The fourth-order valence-corrected chi connectivity index (χ4v) is 1.05. The van der Waals surface area contributed by atoms with Crippen molar-refractivity contribution in [3.8, 4) is 0 Å². The molecule has 0 aromatic rings. The molecule has 0 aliphatic heterocycles. The number of carbonyl (C=O) groups excluding carboxylic acids is 1. The van der Waals surface area contributed by atoms with Crippen LogP contribution in [0.3, 0.4) is 0 Å². The van der Waals surface area contributed by atoms with Gasteiger partial charge in [0, 0.05) is 20.3 Å². The molecule has 0 unspecified atom stereocenters. The maximum absolute atomic E-state index is 11.5. The maximum Gasteiger partial charge on any atom is 0.323 e. The Kier molecular flexibility index (Phi) is 8.12. The van der Waals surface area contributed by atoms with Crippen LogP contribution >= 0.6 is 0 Å². The zero-order valence-corrected chi connectivity index (χ0v) is 11.3. The zero-order chi connectivity index (χ0) is 13.3. The van der Waals surface area contributed by atoms with Gasteiger partial charge in [0.25, 0.3) is 0 Å². The number of methoxy groups -OCH3 is 1. The van der Waals surface area contributed by atoms with Gasteiger partial charge in [-0.15, -0.1) is 0 Å². The molecule has 2 N–H and O–H groups in total. The summed E-state index contributed by atoms with van der Waals surface area (Å²) < 4.78 is 15.1. The van der Waals surface area contributed by atoms with Gasteiger partial charge in [-0.25, -0.2) is 0 Å². The van der Waals surface area contributed by atoms with Gasteiger partial charge in [0.1, 0.15) is 12.6 Å². The van der Waals surface area contributed by atoms with E-state index in [0.717, 1.165) is 6.42 Å². The van der Waals surface area contributed by atoms with Crippen LogP contribution in [-0.2, 0) is 19.0 Å². The van der Waals surface area contributed by atoms with Crippen LogP contribution in [-0.4, -0.2) is 45.5 Å². The molecule has 0 aromatic carbocycles. The quantitative estimate of drug-likeness (QED) is 0.511. The fourth-order valence-electron chi connectivity index (χ4n) is 1.05. The van der Waals surface area contributed by atoms with E-state index in [-0.39, 0.29) is 18.0 Å². The Morgan fingerprint density at radius 1 is 1.18 bits per heavy atom. The van der Waals surface area contributed by atoms with Gasteiger partial charge in [-0.1, -0.05) is 20.8 Å². The molecule has 0 aliphatic rings. The van der Waals surface area contributed by atoms with Gasteiger partial charge in [-0.05, 0) is 11.8 Å². The summed E-state index contributed by atoms with van der Waals surface area (Å²) in [4.78, 5) is 11.5. The predicted molar refractivity (Wildman–Crippen MR) is 65.7 cm³/mol. The third kappa shape index (κ3) is 8.12. The Labute approximate surface area is 104 Å². The minimum absolute atomic E-state index is 0.246. The van der Waals surface area contributed by atoms with E-state index in [2.05, 4.69) is 0 Å². The van der Waals surface area contributed by atoms with Crippen LogP contribution in [0.15, 0.2) is 0 Å². The highest BCUT2D eigenvalue weighted by molar-refractivity contribution is 5.76. The number of esters is 1. The van der Waals surface area contributed by atoms with E-state index in [4.69, 9.17) is 19.9 Å². The van der Waals surface area contributed by atoms with Crippen LogP contribution in [0.2, 0.25) is 0 Å². The average Bonchev–Trinajstić information content (AvgIpc) is 2.25. The van der Waals surface area contributed by atoms with Crippen molar-refractivity contribution < 1.29 is 19.0 Å². The van der Waals surface area contributed by atoms with Gasteiger partial charge < -0.3 is 19.9 Å². The second-order valence-corrected chi connectivity index (χ2v) is 4.97. The molecule has 5 heteroatoms. The Morgan fingerprint density at radius 3 is 2.35 bits per heavy atom. The van der Waals surface area contributed by atoms with Crippen molar-refractivity contribution in [2.75, 3.05) is 33.5 Å². The molecule has 0 fully saturated rings. The molecule has 0 aromatic heterocycles. The predicted octanol–water partition coefficient (Wildman–Crippen LogP) is 0.956. The summed E-state index contributed by atoms with van der Waals surface area (Å²) in [6, 6.07) is -0.601. The van der Waals surface area contributed by atoms with E-state index in [1.165, 1.54) is 0 Å². The van der Waals surface area contributed by atoms with E-state index in [1.807, 2.05) is 20.8 Å². The highest BCUT2D eigenvalue weighted by Gasteiger charge is 2.28. The topological polar surface area (TPSA) is 70.8 Å². The molecule has 0 amide bonds. The number of hydrogen-bond acceptors (Lipinski definition) is 5. The normalized spacial score (nSPS) is 13.5. The monoisotopic (exact) mass is 247 g/mol. The second kappa shape index (κ2) is 8.44. The molecular formula is C12H25NO4. The smallest absolute Gasteiger partial charge is 0.323 e. The SMILES string of the molecule is COCCCOCCOC(=O)[C@@H](N)C(C)(C)C. The summed E-state index contributed by atoms with van der Waals surface area (Å²) in [6.07, 6.45) is 0.839. The Hall–Kier alpha value is -0.650. The first-order valence-electron chi connectivity index (χ1n) is 5.88. The highest BCUT2D eigenvalue weighted by Crippen LogP contribution is 2.17. The van der Waals surface area contributed by atoms with Crippen molar-refractivity contribution >= 4 is 5.97 Å². The lowest BCUT2D eigenvalue weighted by Crippen LogP contribution is -2.43. The molecule has 0 radical (unpaired) electrons. The molecule has 0 aliphatic carbocycles. The number of rotatable bonds is 8. The van der Waals surface area contributed by atoms with Gasteiger partial charge in [-0.2, -0.15) is 0 Å². The van der Waals surface area contributed by atoms with Crippen molar-refractivity contribution in [2.45, 2.75) is 33.2 Å². The lowest BCUT2D eigenvalue weighted by atomic mass is 9.87. The van der Waals surface area contributed by atoms with Crippen molar-refractivity contribution in [3.05, 3.63) is 0 Å². The number of nitrogens with two attached hydrogens (primary N) is 1. The molecule has 0 bridgehead atoms. The third-order valence-electron chi connectivity index (χ3n) is 2.30. The summed E-state index contributed by atoms with van der Waals surface area (Å²) in [7, 11) is 1.65. The molecule has 17 heavy (non-hydrogen) atoms. The minimum atomic E-state index is -0.601. The van der Waals surface area contributed by atoms with Crippen molar-refractivity contribution in [3.63, 3.8) is 0 Å². The summed E-state index contributed by atoms with van der Waals surface area (Å²) in [5, 5.41) is 0. The Bertz CT molecular complexity index is 213. The Morgan fingerprint density at radius 2 is 1.82 bits per heavy atom. The molecular weight excluding hydrogens is 222 g/mol. The Balaban J connectivity index is 3.52. The van der Waals surface area contributed by atoms with E-state index in [1.54, 1.807) is 7.11 Å². The highest BCUT2D eigenvalue weighted by atomic mass is 16.6. The molecule has 102 valence electrons. The summed E-state index contributed by atoms with van der Waals surface area (Å²) in [5.41, 5.74) is 5.46. The lowest BCUT2D eigenvalue weighted by Gasteiger charge is -2.24. The van der Waals surface area contributed by atoms with E-state index in [0.29, 0.717) is 19.8 Å². The van der Waals surface area contributed by atoms with Gasteiger partial charge >= 0.3 is 5.97 Å². The van der Waals surface area contributed by atoms with E-state index < -0.39 is 6.04 Å². The average molecular weight is 247 g/mol.